The van der Waals surface area contributed by atoms with Crippen LogP contribution in [0.15, 0.2) is 70.2 Å². The highest BCUT2D eigenvalue weighted by molar-refractivity contribution is 14.1. The molecule has 31 heavy (non-hydrogen) atoms. The van der Waals surface area contributed by atoms with Crippen LogP contribution in [0.1, 0.15) is 16.7 Å². The molecule has 0 bridgehead atoms. The smallest absolute Gasteiger partial charge is 0.244 e. The Morgan fingerprint density at radius 1 is 1.13 bits per heavy atom. The molecule has 0 aliphatic rings. The standard InChI is InChI=1S/C23H19BrFIN2O3/c1-30-21-11-17(13-27-28-22(29)12-15-4-8-19(25)9-5-15)10-20(26)23(21)31-14-16-2-6-18(24)7-3-16/h2-11,13H,12,14H2,1H3,(H,28,29)/b27-13+. The maximum atomic E-state index is 12.9. The minimum absolute atomic E-state index is 0.112. The van der Waals surface area contributed by atoms with Gasteiger partial charge in [-0.2, -0.15) is 5.10 Å². The summed E-state index contributed by atoms with van der Waals surface area (Å²) >= 11 is 5.59. The fraction of sp³-hybridized carbons (Fsp3) is 0.130. The van der Waals surface area contributed by atoms with E-state index in [0.29, 0.717) is 23.7 Å². The predicted molar refractivity (Wildman–Crippen MR) is 130 cm³/mol. The first-order valence-corrected chi connectivity index (χ1v) is 11.1. The maximum Gasteiger partial charge on any atom is 0.244 e. The van der Waals surface area contributed by atoms with Crippen molar-refractivity contribution in [2.24, 2.45) is 5.10 Å². The number of amides is 1. The Kier molecular flexibility index (Phi) is 8.42. The molecule has 0 heterocycles. The molecule has 0 radical (unpaired) electrons. The van der Waals surface area contributed by atoms with Gasteiger partial charge in [-0.05, 0) is 75.7 Å². The summed E-state index contributed by atoms with van der Waals surface area (Å²) < 4.78 is 26.2. The molecule has 3 aromatic carbocycles. The van der Waals surface area contributed by atoms with E-state index < -0.39 is 0 Å². The summed E-state index contributed by atoms with van der Waals surface area (Å²) in [6.45, 7) is 0.409. The zero-order valence-corrected chi connectivity index (χ0v) is 20.3. The molecule has 0 saturated heterocycles. The topological polar surface area (TPSA) is 59.9 Å². The number of benzene rings is 3. The van der Waals surface area contributed by atoms with Gasteiger partial charge in [0.1, 0.15) is 12.4 Å². The lowest BCUT2D eigenvalue weighted by atomic mass is 10.1. The lowest BCUT2D eigenvalue weighted by Gasteiger charge is -2.13. The van der Waals surface area contributed by atoms with Gasteiger partial charge in [-0.15, -0.1) is 0 Å². The van der Waals surface area contributed by atoms with Crippen LogP contribution in [0.2, 0.25) is 0 Å². The Hall–Kier alpha value is -2.46. The minimum atomic E-state index is -0.338. The van der Waals surface area contributed by atoms with Gasteiger partial charge in [-0.1, -0.05) is 40.2 Å². The van der Waals surface area contributed by atoms with E-state index in [0.717, 1.165) is 19.2 Å². The van der Waals surface area contributed by atoms with Crippen molar-refractivity contribution in [2.75, 3.05) is 7.11 Å². The Bertz CT molecular complexity index is 1070. The molecular formula is C23H19BrFIN2O3. The summed E-state index contributed by atoms with van der Waals surface area (Å²) in [4.78, 5) is 12.0. The third kappa shape index (κ3) is 7.03. The number of nitrogens with one attached hydrogen (secondary N) is 1. The van der Waals surface area contributed by atoms with Gasteiger partial charge in [0.15, 0.2) is 11.5 Å². The first-order valence-electron chi connectivity index (χ1n) is 9.25. The number of carbonyl (C=O) groups excluding carboxylic acids is 1. The summed E-state index contributed by atoms with van der Waals surface area (Å²) in [6, 6.07) is 17.3. The highest BCUT2D eigenvalue weighted by atomic mass is 127. The molecule has 0 aliphatic heterocycles. The van der Waals surface area contributed by atoms with Crippen LogP contribution < -0.4 is 14.9 Å². The summed E-state index contributed by atoms with van der Waals surface area (Å²) in [5.74, 6) is 0.584. The van der Waals surface area contributed by atoms with Gasteiger partial charge in [-0.25, -0.2) is 9.82 Å². The van der Waals surface area contributed by atoms with Gasteiger partial charge in [-0.3, -0.25) is 4.79 Å². The van der Waals surface area contributed by atoms with Crippen molar-refractivity contribution < 1.29 is 18.7 Å². The van der Waals surface area contributed by atoms with Crippen molar-refractivity contribution in [3.05, 3.63) is 91.2 Å². The quantitative estimate of drug-likeness (QED) is 0.213. The van der Waals surface area contributed by atoms with Crippen molar-refractivity contribution in [3.8, 4) is 11.5 Å². The van der Waals surface area contributed by atoms with E-state index in [4.69, 9.17) is 9.47 Å². The van der Waals surface area contributed by atoms with Gasteiger partial charge in [0.05, 0.1) is 23.3 Å². The molecular weight excluding hydrogens is 578 g/mol. The SMILES string of the molecule is COc1cc(/C=N/NC(=O)Cc2ccc(F)cc2)cc(I)c1OCc1ccc(Br)cc1. The number of hydrogen-bond donors (Lipinski definition) is 1. The third-order valence-electron chi connectivity index (χ3n) is 4.23. The van der Waals surface area contributed by atoms with E-state index in [2.05, 4.69) is 49.0 Å². The van der Waals surface area contributed by atoms with Gasteiger partial charge in [0, 0.05) is 4.47 Å². The summed E-state index contributed by atoms with van der Waals surface area (Å²) in [6.07, 6.45) is 1.65. The average molecular weight is 597 g/mol. The number of methoxy groups -OCH3 is 1. The van der Waals surface area contributed by atoms with Crippen LogP contribution in [0, 0.1) is 9.39 Å². The Morgan fingerprint density at radius 3 is 2.48 bits per heavy atom. The molecule has 5 nitrogen and oxygen atoms in total. The summed E-state index contributed by atoms with van der Waals surface area (Å²) in [5.41, 5.74) is 4.97. The Morgan fingerprint density at radius 2 is 1.81 bits per heavy atom. The zero-order chi connectivity index (χ0) is 22.2. The van der Waals surface area contributed by atoms with Crippen LogP contribution in [0.4, 0.5) is 4.39 Å². The fourth-order valence-corrected chi connectivity index (χ4v) is 3.74. The first-order chi connectivity index (χ1) is 14.9. The van der Waals surface area contributed by atoms with E-state index in [-0.39, 0.29) is 18.1 Å². The van der Waals surface area contributed by atoms with Crippen molar-refractivity contribution in [1.82, 2.24) is 5.43 Å². The second-order valence-corrected chi connectivity index (χ2v) is 8.62. The van der Waals surface area contributed by atoms with E-state index in [1.807, 2.05) is 30.3 Å². The number of hydrazone groups is 1. The van der Waals surface area contributed by atoms with E-state index in [1.165, 1.54) is 18.3 Å². The second kappa shape index (κ2) is 11.2. The molecule has 3 rings (SSSR count). The molecule has 0 saturated carbocycles. The molecule has 0 unspecified atom stereocenters. The van der Waals surface area contributed by atoms with E-state index >= 15 is 0 Å². The monoisotopic (exact) mass is 596 g/mol. The normalized spacial score (nSPS) is 10.8. The lowest BCUT2D eigenvalue weighted by molar-refractivity contribution is -0.120. The highest BCUT2D eigenvalue weighted by Crippen LogP contribution is 2.34. The number of halogens is 3. The molecule has 0 atom stereocenters. The Balaban J connectivity index is 1.62. The van der Waals surface area contributed by atoms with Gasteiger partial charge < -0.3 is 9.47 Å². The molecule has 0 aliphatic carbocycles. The largest absolute Gasteiger partial charge is 0.493 e. The van der Waals surface area contributed by atoms with E-state index in [1.54, 1.807) is 25.3 Å². The van der Waals surface area contributed by atoms with Crippen molar-refractivity contribution >= 4 is 50.6 Å². The van der Waals surface area contributed by atoms with Crippen molar-refractivity contribution in [2.45, 2.75) is 13.0 Å². The van der Waals surface area contributed by atoms with Crippen LogP contribution in [-0.4, -0.2) is 19.2 Å². The molecule has 0 spiro atoms. The number of rotatable bonds is 8. The Labute approximate surface area is 201 Å². The van der Waals surface area contributed by atoms with Gasteiger partial charge >= 0.3 is 0 Å². The van der Waals surface area contributed by atoms with Crippen molar-refractivity contribution in [1.29, 1.82) is 0 Å². The maximum absolute atomic E-state index is 12.9. The van der Waals surface area contributed by atoms with Crippen LogP contribution >= 0.6 is 38.5 Å². The molecule has 160 valence electrons. The van der Waals surface area contributed by atoms with Crippen LogP contribution in [-0.2, 0) is 17.8 Å². The molecule has 1 amide bonds. The highest BCUT2D eigenvalue weighted by Gasteiger charge is 2.12. The number of nitrogens with zero attached hydrogens (tertiary/aromatic N) is 1. The molecule has 1 N–H and O–H groups in total. The number of ether oxygens (including phenoxy) is 2. The predicted octanol–water partition coefficient (Wildman–Crippen LogP) is 5.47. The van der Waals surface area contributed by atoms with Gasteiger partial charge in [0.2, 0.25) is 5.91 Å². The van der Waals surface area contributed by atoms with Gasteiger partial charge in [0.25, 0.3) is 0 Å². The lowest BCUT2D eigenvalue weighted by Crippen LogP contribution is -2.19. The number of hydrogen-bond acceptors (Lipinski definition) is 4. The van der Waals surface area contributed by atoms with E-state index in [9.17, 15) is 9.18 Å². The van der Waals surface area contributed by atoms with Crippen LogP contribution in [0.3, 0.4) is 0 Å². The molecule has 3 aromatic rings. The molecule has 8 heteroatoms. The second-order valence-electron chi connectivity index (χ2n) is 6.55. The minimum Gasteiger partial charge on any atom is -0.493 e. The van der Waals surface area contributed by atoms with Crippen molar-refractivity contribution in [3.63, 3.8) is 0 Å². The molecule has 0 aromatic heterocycles. The summed E-state index contributed by atoms with van der Waals surface area (Å²) in [7, 11) is 1.57. The van der Waals surface area contributed by atoms with Crippen LogP contribution in [0.5, 0.6) is 11.5 Å². The summed E-state index contributed by atoms with van der Waals surface area (Å²) in [5, 5.41) is 4.00. The number of carbonyl (C=O) groups is 1. The third-order valence-corrected chi connectivity index (χ3v) is 5.56. The molecule has 0 fully saturated rings. The fourth-order valence-electron chi connectivity index (χ4n) is 2.70. The van der Waals surface area contributed by atoms with Crippen LogP contribution in [0.25, 0.3) is 0 Å². The zero-order valence-electron chi connectivity index (χ0n) is 16.6. The average Bonchev–Trinajstić information content (AvgIpc) is 2.75. The first kappa shape index (κ1) is 23.2.